The van der Waals surface area contributed by atoms with Gasteiger partial charge in [0.05, 0.1) is 13.1 Å². The van der Waals surface area contributed by atoms with Crippen LogP contribution in [0.1, 0.15) is 26.7 Å². The second kappa shape index (κ2) is 20.4. The fourth-order valence-corrected chi connectivity index (χ4v) is 0.700. The maximum absolute atomic E-state index is 9.27. The molecule has 0 aliphatic rings. The van der Waals surface area contributed by atoms with Crippen LogP contribution in [-0.2, 0) is 9.59 Å². The van der Waals surface area contributed by atoms with Crippen molar-refractivity contribution in [3.63, 3.8) is 0 Å². The average molecular weight is 248 g/mol. The van der Waals surface area contributed by atoms with Crippen molar-refractivity contribution in [1.82, 2.24) is 0 Å². The van der Waals surface area contributed by atoms with E-state index < -0.39 is 0 Å². The summed E-state index contributed by atoms with van der Waals surface area (Å²) in [6.45, 7) is 5.15. The molecule has 0 fully saturated rings. The van der Waals surface area contributed by atoms with Crippen molar-refractivity contribution in [3.8, 4) is 0 Å². The highest BCUT2D eigenvalue weighted by Crippen LogP contribution is 1.79. The molecule has 0 saturated carbocycles. The minimum atomic E-state index is 0.615. The second-order valence-corrected chi connectivity index (χ2v) is 3.10. The van der Waals surface area contributed by atoms with Gasteiger partial charge in [0.1, 0.15) is 0 Å². The molecule has 0 bridgehead atoms. The van der Waals surface area contributed by atoms with Crippen LogP contribution in [0.25, 0.3) is 0 Å². The largest absolute Gasteiger partial charge is 0.234 e. The molecule has 18 heavy (non-hydrogen) atoms. The van der Waals surface area contributed by atoms with E-state index >= 15 is 0 Å². The van der Waals surface area contributed by atoms with Gasteiger partial charge in [-0.05, 0) is 12.8 Å². The summed E-state index contributed by atoms with van der Waals surface area (Å²) in [6.07, 6.45) is 4.74. The standard InChI is InChI=1S/C6H6.2C4H7NO/c1-2-4-6-5-3-1;2*1-2-3-5-4-6/h1-6H;2*2-3H2,1H3. The lowest BCUT2D eigenvalue weighted by Crippen LogP contribution is -1.69. The van der Waals surface area contributed by atoms with Crippen LogP contribution in [0.3, 0.4) is 0 Å². The van der Waals surface area contributed by atoms with Gasteiger partial charge < -0.3 is 0 Å². The Labute approximate surface area is 108 Å². The Morgan fingerprint density at radius 3 is 1.11 bits per heavy atom. The molecule has 98 valence electrons. The molecular formula is C14H20N2O2. The molecule has 0 radical (unpaired) electrons. The molecule has 1 aromatic rings. The quantitative estimate of drug-likeness (QED) is 0.607. The third-order valence-corrected chi connectivity index (χ3v) is 1.47. The molecule has 0 atom stereocenters. The molecule has 4 nitrogen and oxygen atoms in total. The molecule has 0 N–H and O–H groups in total. The Balaban J connectivity index is 0. The van der Waals surface area contributed by atoms with Crippen LogP contribution < -0.4 is 0 Å². The summed E-state index contributed by atoms with van der Waals surface area (Å²) < 4.78 is 0. The van der Waals surface area contributed by atoms with Crippen LogP contribution in [0.15, 0.2) is 46.4 Å². The Morgan fingerprint density at radius 2 is 1.00 bits per heavy atom. The molecule has 0 aliphatic carbocycles. The van der Waals surface area contributed by atoms with Gasteiger partial charge in [-0.15, -0.1) is 0 Å². The van der Waals surface area contributed by atoms with Gasteiger partial charge >= 0.3 is 0 Å². The normalized spacial score (nSPS) is 7.22. The zero-order valence-corrected chi connectivity index (χ0v) is 11.0. The molecular weight excluding hydrogens is 228 g/mol. The van der Waals surface area contributed by atoms with E-state index in [1.54, 1.807) is 0 Å². The van der Waals surface area contributed by atoms with Crippen molar-refractivity contribution in [2.24, 2.45) is 9.98 Å². The van der Waals surface area contributed by atoms with Gasteiger partial charge in [-0.3, -0.25) is 0 Å². The topological polar surface area (TPSA) is 58.9 Å². The minimum Gasteiger partial charge on any atom is -0.211 e. The summed E-state index contributed by atoms with van der Waals surface area (Å²) in [5.74, 6) is 0. The zero-order chi connectivity index (χ0) is 13.9. The lowest BCUT2D eigenvalue weighted by molar-refractivity contribution is 0.562. The van der Waals surface area contributed by atoms with Gasteiger partial charge in [0, 0.05) is 0 Å². The van der Waals surface area contributed by atoms with E-state index in [4.69, 9.17) is 0 Å². The molecule has 0 spiro atoms. The highest BCUT2D eigenvalue weighted by Gasteiger charge is 1.66. The van der Waals surface area contributed by atoms with Gasteiger partial charge in [-0.2, -0.15) is 0 Å². The first-order valence-corrected chi connectivity index (χ1v) is 5.90. The molecule has 0 saturated heterocycles. The SMILES string of the molecule is CCCN=C=O.CCCN=C=O.c1ccccc1. The molecule has 0 aliphatic heterocycles. The molecule has 4 heteroatoms. The first kappa shape index (κ1) is 18.3. The summed E-state index contributed by atoms with van der Waals surface area (Å²) >= 11 is 0. The van der Waals surface area contributed by atoms with Crippen molar-refractivity contribution < 1.29 is 9.59 Å². The van der Waals surface area contributed by atoms with Crippen molar-refractivity contribution >= 4 is 12.2 Å². The molecule has 0 amide bonds. The number of nitrogens with zero attached hydrogens (tertiary/aromatic N) is 2. The van der Waals surface area contributed by atoms with Gasteiger partial charge in [0.25, 0.3) is 0 Å². The molecule has 1 rings (SSSR count). The van der Waals surface area contributed by atoms with Gasteiger partial charge in [0.2, 0.25) is 12.2 Å². The number of hydrogen-bond donors (Lipinski definition) is 0. The number of benzene rings is 1. The van der Waals surface area contributed by atoms with Crippen LogP contribution in [0.2, 0.25) is 0 Å². The Morgan fingerprint density at radius 1 is 0.722 bits per heavy atom. The van der Waals surface area contributed by atoms with E-state index in [0.717, 1.165) is 12.8 Å². The highest BCUT2D eigenvalue weighted by molar-refractivity contribution is 5.32. The Bertz CT molecular complexity index is 293. The zero-order valence-electron chi connectivity index (χ0n) is 11.0. The van der Waals surface area contributed by atoms with E-state index in [1.807, 2.05) is 50.2 Å². The van der Waals surface area contributed by atoms with Gasteiger partial charge in [0.15, 0.2) is 0 Å². The number of carbonyl (C=O) groups excluding carboxylic acids is 2. The lowest BCUT2D eigenvalue weighted by Gasteiger charge is -1.71. The predicted molar refractivity (Wildman–Crippen MR) is 73.0 cm³/mol. The third-order valence-electron chi connectivity index (χ3n) is 1.47. The summed E-state index contributed by atoms with van der Waals surface area (Å²) in [6, 6.07) is 12.0. The van der Waals surface area contributed by atoms with Crippen LogP contribution in [0.5, 0.6) is 0 Å². The van der Waals surface area contributed by atoms with Crippen molar-refractivity contribution in [1.29, 1.82) is 0 Å². The molecule has 0 heterocycles. The van der Waals surface area contributed by atoms with Gasteiger partial charge in [-0.25, -0.2) is 19.6 Å². The van der Waals surface area contributed by atoms with Crippen molar-refractivity contribution in [2.75, 3.05) is 13.1 Å². The van der Waals surface area contributed by atoms with Crippen LogP contribution >= 0.6 is 0 Å². The number of isocyanates is 2. The van der Waals surface area contributed by atoms with Crippen LogP contribution in [0, 0.1) is 0 Å². The van der Waals surface area contributed by atoms with E-state index in [-0.39, 0.29) is 0 Å². The van der Waals surface area contributed by atoms with Crippen LogP contribution in [-0.4, -0.2) is 25.2 Å². The van der Waals surface area contributed by atoms with Crippen molar-refractivity contribution in [3.05, 3.63) is 36.4 Å². The summed E-state index contributed by atoms with van der Waals surface area (Å²) in [4.78, 5) is 25.1. The highest BCUT2D eigenvalue weighted by atomic mass is 16.1. The molecule has 1 aromatic carbocycles. The third kappa shape index (κ3) is 23.6. The molecule has 0 aromatic heterocycles. The van der Waals surface area contributed by atoms with E-state index in [1.165, 1.54) is 12.2 Å². The maximum atomic E-state index is 9.27. The van der Waals surface area contributed by atoms with Gasteiger partial charge in [-0.1, -0.05) is 50.2 Å². The minimum absolute atomic E-state index is 0.615. The van der Waals surface area contributed by atoms with E-state index in [2.05, 4.69) is 9.98 Å². The van der Waals surface area contributed by atoms with Crippen LogP contribution in [0.4, 0.5) is 0 Å². The second-order valence-electron chi connectivity index (χ2n) is 3.10. The first-order chi connectivity index (χ1) is 8.83. The number of aliphatic imine (C=N–C) groups is 2. The average Bonchev–Trinajstić information content (AvgIpc) is 2.46. The van der Waals surface area contributed by atoms with E-state index in [9.17, 15) is 9.59 Å². The monoisotopic (exact) mass is 248 g/mol. The summed E-state index contributed by atoms with van der Waals surface area (Å²) in [7, 11) is 0. The Hall–Kier alpha value is -2.02. The summed E-state index contributed by atoms with van der Waals surface area (Å²) in [5.41, 5.74) is 0. The van der Waals surface area contributed by atoms with Crippen molar-refractivity contribution in [2.45, 2.75) is 26.7 Å². The fourth-order valence-electron chi connectivity index (χ4n) is 0.700. The maximum Gasteiger partial charge on any atom is 0.234 e. The lowest BCUT2D eigenvalue weighted by atomic mass is 10.4. The fraction of sp³-hybridized carbons (Fsp3) is 0.429. The first-order valence-electron chi connectivity index (χ1n) is 5.90. The van der Waals surface area contributed by atoms with E-state index in [0.29, 0.717) is 13.1 Å². The summed E-state index contributed by atoms with van der Waals surface area (Å²) in [5, 5.41) is 0. The number of rotatable bonds is 4. The Kier molecular flexibility index (Phi) is 20.8. The molecule has 0 unspecified atom stereocenters. The smallest absolute Gasteiger partial charge is 0.211 e. The predicted octanol–water partition coefficient (Wildman–Crippen LogP) is 3.15. The number of hydrogen-bond acceptors (Lipinski definition) is 4.